The van der Waals surface area contributed by atoms with Gasteiger partial charge in [0.25, 0.3) is 5.56 Å². The van der Waals surface area contributed by atoms with E-state index >= 15 is 0 Å². The molecule has 3 heterocycles. The lowest BCUT2D eigenvalue weighted by atomic mass is 9.99. The number of fused-ring (bicyclic) bond motifs is 1. The fourth-order valence-electron chi connectivity index (χ4n) is 4.35. The first kappa shape index (κ1) is 23.8. The van der Waals surface area contributed by atoms with Crippen LogP contribution >= 0.6 is 0 Å². The first-order valence-corrected chi connectivity index (χ1v) is 12.9. The molecule has 4 aromatic rings. The molecule has 1 saturated heterocycles. The van der Waals surface area contributed by atoms with E-state index in [1.54, 1.807) is 4.68 Å². The fourth-order valence-corrected chi connectivity index (χ4v) is 5.88. The Labute approximate surface area is 206 Å². The van der Waals surface area contributed by atoms with Gasteiger partial charge in [-0.2, -0.15) is 4.31 Å². The van der Waals surface area contributed by atoms with Gasteiger partial charge in [0.05, 0.1) is 24.1 Å². The Balaban J connectivity index is 1.41. The second-order valence-corrected chi connectivity index (χ2v) is 10.5. The van der Waals surface area contributed by atoms with E-state index in [1.807, 2.05) is 30.3 Å². The number of ether oxygens (including phenoxy) is 1. The minimum absolute atomic E-state index is 0.0813. The third-order valence-corrected chi connectivity index (χ3v) is 8.13. The summed E-state index contributed by atoms with van der Waals surface area (Å²) in [6.07, 6.45) is 1.27. The molecule has 0 radical (unpaired) electrons. The van der Waals surface area contributed by atoms with Crippen molar-refractivity contribution in [2.75, 3.05) is 20.2 Å². The normalized spacial score (nSPS) is 16.8. The zero-order chi connectivity index (χ0) is 25.3. The fraction of sp³-hybridized carbons (Fsp3) is 0.292. The highest BCUT2D eigenvalue weighted by molar-refractivity contribution is 7.89. The van der Waals surface area contributed by atoms with Crippen LogP contribution in [0.2, 0.25) is 0 Å². The molecule has 0 amide bonds. The summed E-state index contributed by atoms with van der Waals surface area (Å²) in [6, 6.07) is 15.3. The van der Waals surface area contributed by atoms with Crippen LogP contribution in [-0.2, 0) is 21.3 Å². The number of sulfonamides is 1. The quantitative estimate of drug-likeness (QED) is 0.390. The van der Waals surface area contributed by atoms with E-state index in [1.165, 1.54) is 35.7 Å². The number of nitrogens with one attached hydrogen (secondary N) is 1. The van der Waals surface area contributed by atoms with Gasteiger partial charge in [-0.25, -0.2) is 22.9 Å². The third kappa shape index (κ3) is 4.52. The maximum absolute atomic E-state index is 13.3. The lowest BCUT2D eigenvalue weighted by molar-refractivity contribution is 0.0600. The van der Waals surface area contributed by atoms with Crippen molar-refractivity contribution in [3.8, 4) is 0 Å². The number of nitrogens with zero attached hydrogens (tertiary/aromatic N) is 5. The number of carbonyl (C=O) groups is 1. The molecule has 1 N–H and O–H groups in total. The number of benzene rings is 2. The topological polar surface area (TPSA) is 140 Å². The molecule has 186 valence electrons. The van der Waals surface area contributed by atoms with E-state index in [0.717, 1.165) is 5.56 Å². The summed E-state index contributed by atoms with van der Waals surface area (Å²) < 4.78 is 34.2. The van der Waals surface area contributed by atoms with Gasteiger partial charge in [0.2, 0.25) is 10.0 Å². The second kappa shape index (κ2) is 9.63. The summed E-state index contributed by atoms with van der Waals surface area (Å²) >= 11 is 0. The minimum Gasteiger partial charge on any atom is -0.465 e. The Kier molecular flexibility index (Phi) is 6.37. The van der Waals surface area contributed by atoms with Crippen molar-refractivity contribution < 1.29 is 17.9 Å². The highest BCUT2D eigenvalue weighted by Crippen LogP contribution is 2.29. The van der Waals surface area contributed by atoms with Crippen LogP contribution in [0.4, 0.5) is 0 Å². The van der Waals surface area contributed by atoms with Crippen molar-refractivity contribution in [1.29, 1.82) is 0 Å². The largest absolute Gasteiger partial charge is 0.465 e. The summed E-state index contributed by atoms with van der Waals surface area (Å²) in [5.41, 5.74) is 1.34. The van der Waals surface area contributed by atoms with E-state index in [9.17, 15) is 18.0 Å². The maximum atomic E-state index is 13.3. The van der Waals surface area contributed by atoms with Crippen LogP contribution in [0.1, 0.15) is 40.5 Å². The first-order valence-electron chi connectivity index (χ1n) is 11.4. The molecule has 0 unspecified atom stereocenters. The smallest absolute Gasteiger partial charge is 0.337 e. The average molecular weight is 509 g/mol. The second-order valence-electron chi connectivity index (χ2n) is 8.57. The molecule has 36 heavy (non-hydrogen) atoms. The van der Waals surface area contributed by atoms with Crippen molar-refractivity contribution in [1.82, 2.24) is 29.3 Å². The number of methoxy groups -OCH3 is 1. The number of carbonyl (C=O) groups excluding carboxylic acids is 1. The number of piperidine rings is 1. The zero-order valence-corrected chi connectivity index (χ0v) is 20.3. The van der Waals surface area contributed by atoms with Gasteiger partial charge in [-0.3, -0.25) is 4.79 Å². The molecular formula is C24H24N6O5S. The molecular weight excluding hydrogens is 484 g/mol. The Hall–Kier alpha value is -3.90. The van der Waals surface area contributed by atoms with Crippen LogP contribution in [0, 0.1) is 0 Å². The SMILES string of the molecule is COC(=O)c1ccc(S(=O)(=O)N2CCC[C@H](c3nc4c(nnn4Cc4ccccc4)c(=O)[nH]3)C2)cc1. The standard InChI is InChI=1S/C24H24N6O5S/c1-35-24(32)17-9-11-19(12-10-17)36(33,34)29-13-5-8-18(15-29)21-25-22-20(23(31)26-21)27-28-30(22)14-16-6-3-2-4-7-16/h2-4,6-7,9-12,18H,5,8,13-15H2,1H3,(H,25,26,31)/t18-/m0/s1. The molecule has 11 nitrogen and oxygen atoms in total. The van der Waals surface area contributed by atoms with Gasteiger partial charge in [-0.1, -0.05) is 35.5 Å². The van der Waals surface area contributed by atoms with Crippen LogP contribution in [0.25, 0.3) is 11.2 Å². The number of rotatable bonds is 6. The van der Waals surface area contributed by atoms with Gasteiger partial charge in [-0.15, -0.1) is 5.10 Å². The molecule has 2 aromatic heterocycles. The van der Waals surface area contributed by atoms with Crippen molar-refractivity contribution in [2.24, 2.45) is 0 Å². The molecule has 0 aliphatic carbocycles. The van der Waals surface area contributed by atoms with Gasteiger partial charge < -0.3 is 9.72 Å². The predicted octanol–water partition coefficient (Wildman–Crippen LogP) is 1.92. The Morgan fingerprint density at radius 2 is 1.89 bits per heavy atom. The molecule has 2 aromatic carbocycles. The molecule has 0 spiro atoms. The van der Waals surface area contributed by atoms with E-state index in [0.29, 0.717) is 37.4 Å². The number of esters is 1. The summed E-state index contributed by atoms with van der Waals surface area (Å²) in [6.45, 7) is 0.910. The molecule has 1 fully saturated rings. The van der Waals surface area contributed by atoms with E-state index in [4.69, 9.17) is 0 Å². The first-order chi connectivity index (χ1) is 17.4. The molecule has 1 aliphatic heterocycles. The predicted molar refractivity (Wildman–Crippen MR) is 130 cm³/mol. The number of H-pyrrole nitrogens is 1. The van der Waals surface area contributed by atoms with Crippen LogP contribution in [0.3, 0.4) is 0 Å². The number of aromatic nitrogens is 5. The van der Waals surface area contributed by atoms with Crippen LogP contribution in [0.5, 0.6) is 0 Å². The molecule has 0 saturated carbocycles. The molecule has 1 atom stereocenters. The Bertz CT molecular complexity index is 1560. The number of hydrogen-bond acceptors (Lipinski definition) is 8. The average Bonchev–Trinajstić information content (AvgIpc) is 3.32. The van der Waals surface area contributed by atoms with Crippen molar-refractivity contribution in [2.45, 2.75) is 30.2 Å². The van der Waals surface area contributed by atoms with Crippen LogP contribution in [0.15, 0.2) is 64.3 Å². The van der Waals surface area contributed by atoms with Gasteiger partial charge in [0, 0.05) is 19.0 Å². The van der Waals surface area contributed by atoms with Crippen LogP contribution < -0.4 is 5.56 Å². The van der Waals surface area contributed by atoms with Gasteiger partial charge >= 0.3 is 5.97 Å². The number of aromatic amines is 1. The summed E-state index contributed by atoms with van der Waals surface area (Å²) in [5.74, 6) is -0.437. The molecule has 12 heteroatoms. The molecule has 5 rings (SSSR count). The highest BCUT2D eigenvalue weighted by atomic mass is 32.2. The summed E-state index contributed by atoms with van der Waals surface area (Å²) in [4.78, 5) is 31.9. The highest BCUT2D eigenvalue weighted by Gasteiger charge is 2.32. The van der Waals surface area contributed by atoms with Crippen molar-refractivity contribution in [3.05, 3.63) is 81.9 Å². The number of hydrogen-bond donors (Lipinski definition) is 1. The zero-order valence-electron chi connectivity index (χ0n) is 19.5. The van der Waals surface area contributed by atoms with Crippen molar-refractivity contribution >= 4 is 27.2 Å². The van der Waals surface area contributed by atoms with E-state index in [2.05, 4.69) is 25.0 Å². The van der Waals surface area contributed by atoms with E-state index in [-0.39, 0.29) is 28.4 Å². The van der Waals surface area contributed by atoms with Crippen molar-refractivity contribution in [3.63, 3.8) is 0 Å². The van der Waals surface area contributed by atoms with E-state index < -0.39 is 21.6 Å². The lowest BCUT2D eigenvalue weighted by Crippen LogP contribution is -2.39. The Morgan fingerprint density at radius 3 is 2.61 bits per heavy atom. The Morgan fingerprint density at radius 1 is 1.14 bits per heavy atom. The van der Waals surface area contributed by atoms with Gasteiger partial charge in [0.15, 0.2) is 11.2 Å². The summed E-state index contributed by atoms with van der Waals surface area (Å²) in [7, 11) is -2.55. The minimum atomic E-state index is -3.81. The van der Waals surface area contributed by atoms with Gasteiger partial charge in [0.1, 0.15) is 5.82 Å². The maximum Gasteiger partial charge on any atom is 0.337 e. The third-order valence-electron chi connectivity index (χ3n) is 6.25. The lowest BCUT2D eigenvalue weighted by Gasteiger charge is -2.31. The summed E-state index contributed by atoms with van der Waals surface area (Å²) in [5, 5.41) is 8.09. The monoisotopic (exact) mass is 508 g/mol. The molecule has 0 bridgehead atoms. The van der Waals surface area contributed by atoms with Crippen LogP contribution in [-0.4, -0.2) is 63.9 Å². The molecule has 1 aliphatic rings. The van der Waals surface area contributed by atoms with Gasteiger partial charge in [-0.05, 0) is 42.7 Å².